The third-order valence-corrected chi connectivity index (χ3v) is 6.30. The number of rotatable bonds is 3. The molecule has 2 aliphatic heterocycles. The molecule has 1 aromatic carbocycles. The maximum absolute atomic E-state index is 12.9. The van der Waals surface area contributed by atoms with Crippen LogP contribution < -0.4 is 4.90 Å². The van der Waals surface area contributed by atoms with Crippen molar-refractivity contribution in [3.63, 3.8) is 0 Å². The Morgan fingerprint density at radius 3 is 2.32 bits per heavy atom. The Morgan fingerprint density at radius 1 is 1.00 bits per heavy atom. The largest absolute Gasteiger partial charge is 0.416 e. The number of halogens is 3. The Labute approximate surface area is 162 Å². The number of hydrogen-bond acceptors (Lipinski definition) is 4. The van der Waals surface area contributed by atoms with Crippen LogP contribution in [-0.2, 0) is 15.8 Å². The molecule has 2 saturated heterocycles. The van der Waals surface area contributed by atoms with Crippen LogP contribution in [0.25, 0.3) is 0 Å². The number of nitrogens with zero attached hydrogens (tertiary/aromatic N) is 3. The van der Waals surface area contributed by atoms with Gasteiger partial charge in [-0.3, -0.25) is 19.4 Å². The van der Waals surface area contributed by atoms with E-state index in [1.807, 2.05) is 9.80 Å². The molecule has 3 aliphatic rings. The fourth-order valence-corrected chi connectivity index (χ4v) is 4.67. The van der Waals surface area contributed by atoms with Crippen LogP contribution in [0.5, 0.6) is 0 Å². The van der Waals surface area contributed by atoms with E-state index in [0.29, 0.717) is 38.3 Å². The minimum absolute atomic E-state index is 0.0321. The molecule has 0 unspecified atom stereocenters. The summed E-state index contributed by atoms with van der Waals surface area (Å²) in [5, 5.41) is 0. The molecule has 2 heterocycles. The molecule has 8 heteroatoms. The van der Waals surface area contributed by atoms with Crippen molar-refractivity contribution in [1.82, 2.24) is 9.80 Å². The molecule has 1 aromatic rings. The smallest absolute Gasteiger partial charge is 0.369 e. The topological polar surface area (TPSA) is 43.9 Å². The van der Waals surface area contributed by atoms with Gasteiger partial charge in [-0.25, -0.2) is 0 Å². The molecule has 0 bridgehead atoms. The van der Waals surface area contributed by atoms with Crippen molar-refractivity contribution in [2.24, 2.45) is 5.41 Å². The number of likely N-dealkylation sites (tertiary alicyclic amines) is 1. The van der Waals surface area contributed by atoms with Crippen LogP contribution in [-0.4, -0.2) is 54.5 Å². The van der Waals surface area contributed by atoms with Gasteiger partial charge in [0.25, 0.3) is 0 Å². The van der Waals surface area contributed by atoms with Crippen molar-refractivity contribution >= 4 is 17.5 Å². The van der Waals surface area contributed by atoms with Crippen LogP contribution in [0, 0.1) is 5.41 Å². The number of amides is 2. The van der Waals surface area contributed by atoms with E-state index >= 15 is 0 Å². The third-order valence-electron chi connectivity index (χ3n) is 6.30. The van der Waals surface area contributed by atoms with Crippen molar-refractivity contribution in [2.45, 2.75) is 38.3 Å². The van der Waals surface area contributed by atoms with Crippen molar-refractivity contribution in [1.29, 1.82) is 0 Å². The van der Waals surface area contributed by atoms with E-state index in [1.165, 1.54) is 17.0 Å². The molecule has 0 aromatic heterocycles. The quantitative estimate of drug-likeness (QED) is 0.738. The first-order chi connectivity index (χ1) is 13.3. The summed E-state index contributed by atoms with van der Waals surface area (Å²) in [5.74, 6) is -0.123. The van der Waals surface area contributed by atoms with E-state index in [4.69, 9.17) is 0 Å². The number of imide groups is 1. The molecule has 1 aliphatic carbocycles. The van der Waals surface area contributed by atoms with E-state index in [0.717, 1.165) is 31.7 Å². The second-order valence-corrected chi connectivity index (χ2v) is 8.09. The molecule has 4 rings (SSSR count). The average molecular weight is 395 g/mol. The lowest BCUT2D eigenvalue weighted by molar-refractivity contribution is -0.144. The predicted octanol–water partition coefficient (Wildman–Crippen LogP) is 3.10. The van der Waals surface area contributed by atoms with E-state index in [1.54, 1.807) is 6.07 Å². The Balaban J connectivity index is 1.36. The summed E-state index contributed by atoms with van der Waals surface area (Å²) in [5.41, 5.74) is -0.563. The van der Waals surface area contributed by atoms with E-state index in [-0.39, 0.29) is 18.5 Å². The van der Waals surface area contributed by atoms with Crippen LogP contribution in [0.3, 0.4) is 0 Å². The van der Waals surface area contributed by atoms with Gasteiger partial charge in [0.05, 0.1) is 17.6 Å². The van der Waals surface area contributed by atoms with Gasteiger partial charge in [0, 0.05) is 38.3 Å². The zero-order chi connectivity index (χ0) is 19.9. The highest BCUT2D eigenvalue weighted by Crippen LogP contribution is 2.46. The Morgan fingerprint density at radius 2 is 1.68 bits per heavy atom. The number of alkyl halides is 3. The fraction of sp³-hybridized carbons (Fsp3) is 0.600. The van der Waals surface area contributed by atoms with Gasteiger partial charge in [-0.2, -0.15) is 13.2 Å². The van der Waals surface area contributed by atoms with Gasteiger partial charge in [-0.1, -0.05) is 18.9 Å². The summed E-state index contributed by atoms with van der Waals surface area (Å²) in [7, 11) is 0. The van der Waals surface area contributed by atoms with E-state index in [9.17, 15) is 22.8 Å². The predicted molar refractivity (Wildman–Crippen MR) is 97.5 cm³/mol. The lowest BCUT2D eigenvalue weighted by Gasteiger charge is -2.37. The Bertz CT molecular complexity index is 766. The molecular weight excluding hydrogens is 371 g/mol. The maximum Gasteiger partial charge on any atom is 0.416 e. The molecule has 28 heavy (non-hydrogen) atoms. The Hall–Kier alpha value is -2.09. The van der Waals surface area contributed by atoms with Gasteiger partial charge in [0.2, 0.25) is 11.8 Å². The zero-order valence-electron chi connectivity index (χ0n) is 15.7. The summed E-state index contributed by atoms with van der Waals surface area (Å²) >= 11 is 0. The van der Waals surface area contributed by atoms with E-state index < -0.39 is 17.2 Å². The molecule has 1 spiro atoms. The molecule has 0 N–H and O–H groups in total. The number of piperazine rings is 1. The van der Waals surface area contributed by atoms with Crippen molar-refractivity contribution in [3.8, 4) is 0 Å². The molecular formula is C20H24F3N3O2. The van der Waals surface area contributed by atoms with Crippen LogP contribution >= 0.6 is 0 Å². The van der Waals surface area contributed by atoms with Gasteiger partial charge >= 0.3 is 6.18 Å². The first-order valence-electron chi connectivity index (χ1n) is 9.78. The monoisotopic (exact) mass is 395 g/mol. The minimum Gasteiger partial charge on any atom is -0.369 e. The van der Waals surface area contributed by atoms with Gasteiger partial charge in [0.15, 0.2) is 0 Å². The molecule has 152 valence electrons. The highest BCUT2D eigenvalue weighted by molar-refractivity contribution is 6.06. The second kappa shape index (κ2) is 7.06. The number of benzene rings is 1. The second-order valence-electron chi connectivity index (χ2n) is 8.09. The summed E-state index contributed by atoms with van der Waals surface area (Å²) < 4.78 is 38.8. The lowest BCUT2D eigenvalue weighted by atomic mass is 9.85. The number of hydrogen-bond donors (Lipinski definition) is 0. The summed E-state index contributed by atoms with van der Waals surface area (Å²) in [6, 6.07) is 5.35. The third kappa shape index (κ3) is 3.50. The Kier molecular flexibility index (Phi) is 4.85. The van der Waals surface area contributed by atoms with Gasteiger partial charge < -0.3 is 4.90 Å². The highest BCUT2D eigenvalue weighted by Gasteiger charge is 2.52. The first kappa shape index (κ1) is 19.2. The molecule has 1 saturated carbocycles. The molecule has 0 radical (unpaired) electrons. The summed E-state index contributed by atoms with van der Waals surface area (Å²) in [6.07, 6.45) is -0.416. The molecule has 3 fully saturated rings. The number of anilines is 1. The highest BCUT2D eigenvalue weighted by atomic mass is 19.4. The lowest BCUT2D eigenvalue weighted by Crippen LogP contribution is -2.51. The summed E-state index contributed by atoms with van der Waals surface area (Å²) in [4.78, 5) is 30.5. The normalized spacial score (nSPS) is 23.2. The fourth-order valence-electron chi connectivity index (χ4n) is 4.67. The van der Waals surface area contributed by atoms with Crippen molar-refractivity contribution < 1.29 is 22.8 Å². The van der Waals surface area contributed by atoms with Crippen molar-refractivity contribution in [2.75, 3.05) is 37.7 Å². The van der Waals surface area contributed by atoms with Crippen LogP contribution in [0.1, 0.15) is 37.7 Å². The maximum atomic E-state index is 12.9. The van der Waals surface area contributed by atoms with Gasteiger partial charge in [-0.15, -0.1) is 0 Å². The van der Waals surface area contributed by atoms with Gasteiger partial charge in [-0.05, 0) is 31.0 Å². The van der Waals surface area contributed by atoms with Gasteiger partial charge in [0.1, 0.15) is 0 Å². The molecule has 5 nitrogen and oxygen atoms in total. The number of carbonyl (C=O) groups excluding carboxylic acids is 2. The molecule has 0 atom stereocenters. The van der Waals surface area contributed by atoms with Crippen LogP contribution in [0.2, 0.25) is 0 Å². The van der Waals surface area contributed by atoms with Crippen LogP contribution in [0.15, 0.2) is 24.3 Å². The number of carbonyl (C=O) groups is 2. The zero-order valence-corrected chi connectivity index (χ0v) is 15.7. The van der Waals surface area contributed by atoms with E-state index in [2.05, 4.69) is 0 Å². The SMILES string of the molecule is O=C1CC2(CCCC2)C(=O)N1CN1CCN(c2cccc(C(F)(F)F)c2)CC1. The molecule has 2 amide bonds. The average Bonchev–Trinajstić information content (AvgIpc) is 3.23. The van der Waals surface area contributed by atoms with Crippen molar-refractivity contribution in [3.05, 3.63) is 29.8 Å². The first-order valence-corrected chi connectivity index (χ1v) is 9.78. The summed E-state index contributed by atoms with van der Waals surface area (Å²) in [6.45, 7) is 2.60. The standard InChI is InChI=1S/C20H24F3N3O2/c21-20(22,23)15-4-3-5-16(12-15)25-10-8-24(9-11-25)14-26-17(27)13-19(18(26)28)6-1-2-7-19/h3-5,12H,1-2,6-11,13-14H2. The van der Waals surface area contributed by atoms with Crippen LogP contribution in [0.4, 0.5) is 18.9 Å². The minimum atomic E-state index is -4.36.